The number of nitrogens with one attached hydrogen (secondary N) is 1. The molecule has 0 aliphatic carbocycles. The molecule has 0 spiro atoms. The highest BCUT2D eigenvalue weighted by atomic mass is 19.3. The van der Waals surface area contributed by atoms with Gasteiger partial charge in [0.15, 0.2) is 0 Å². The Kier molecular flexibility index (Phi) is 5.27. The molecule has 0 radical (unpaired) electrons. The fraction of sp³-hybridized carbons (Fsp3) is 0.500. The van der Waals surface area contributed by atoms with Crippen molar-refractivity contribution in [3.8, 4) is 0 Å². The van der Waals surface area contributed by atoms with Crippen LogP contribution in [0, 0.1) is 0 Å². The topological polar surface area (TPSA) is 50.4 Å². The van der Waals surface area contributed by atoms with Crippen LogP contribution >= 0.6 is 0 Å². The van der Waals surface area contributed by atoms with Crippen molar-refractivity contribution in [2.24, 2.45) is 10.7 Å². The molecule has 0 bridgehead atoms. The largest absolute Gasteiger partial charge is 0.388 e. The van der Waals surface area contributed by atoms with E-state index in [0.717, 1.165) is 5.70 Å². The summed E-state index contributed by atoms with van der Waals surface area (Å²) >= 11 is 0. The molecule has 3 N–H and O–H groups in total. The lowest BCUT2D eigenvalue weighted by Gasteiger charge is -2.29. The molecule has 0 amide bonds. The third-order valence-corrected chi connectivity index (χ3v) is 3.01. The van der Waals surface area contributed by atoms with Crippen molar-refractivity contribution in [3.05, 3.63) is 35.6 Å². The van der Waals surface area contributed by atoms with Crippen molar-refractivity contribution in [1.82, 2.24) is 5.32 Å². The van der Waals surface area contributed by atoms with Crippen molar-refractivity contribution in [2.75, 3.05) is 7.05 Å². The van der Waals surface area contributed by atoms with Crippen LogP contribution < -0.4 is 11.1 Å². The Morgan fingerprint density at radius 3 is 2.68 bits per heavy atom. The maximum atomic E-state index is 14.0. The second kappa shape index (κ2) is 6.50. The molecule has 5 heteroatoms. The van der Waals surface area contributed by atoms with Gasteiger partial charge in [-0.15, -0.1) is 0 Å². The first-order valence-electron chi connectivity index (χ1n) is 6.33. The molecule has 3 nitrogen and oxygen atoms in total. The highest BCUT2D eigenvalue weighted by Crippen LogP contribution is 2.35. The Balaban J connectivity index is 3.21. The zero-order valence-corrected chi connectivity index (χ0v) is 11.6. The number of nitrogens with two attached hydrogens (primary N) is 1. The highest BCUT2D eigenvalue weighted by Gasteiger charge is 2.43. The Bertz CT molecular complexity index is 434. The lowest BCUT2D eigenvalue weighted by atomic mass is 9.93. The van der Waals surface area contributed by atoms with E-state index in [-0.39, 0.29) is 18.7 Å². The minimum absolute atomic E-state index is 0.148. The van der Waals surface area contributed by atoms with Gasteiger partial charge in [0.05, 0.1) is 5.84 Å². The van der Waals surface area contributed by atoms with Gasteiger partial charge in [-0.3, -0.25) is 4.99 Å². The van der Waals surface area contributed by atoms with Crippen LogP contribution in [0.2, 0.25) is 0 Å². The van der Waals surface area contributed by atoms with Crippen LogP contribution in [0.25, 0.3) is 0 Å². The lowest BCUT2D eigenvalue weighted by molar-refractivity contribution is -0.0235. The summed E-state index contributed by atoms with van der Waals surface area (Å²) in [6.07, 6.45) is 6.77. The number of aliphatic imine (C=N–C) groups is 1. The van der Waals surface area contributed by atoms with E-state index < -0.39 is 12.0 Å². The molecular weight excluding hydrogens is 248 g/mol. The van der Waals surface area contributed by atoms with E-state index in [1.54, 1.807) is 32.2 Å². The molecule has 0 aromatic rings. The number of rotatable bonds is 4. The SMILES string of the molecule is C\C=C/C(=C\C(=C/C)NC)C1N=C(N)CCC1(F)F. The summed E-state index contributed by atoms with van der Waals surface area (Å²) in [6, 6.07) is -1.21. The summed E-state index contributed by atoms with van der Waals surface area (Å²) in [7, 11) is 1.75. The second-order valence-corrected chi connectivity index (χ2v) is 4.42. The number of hydrogen-bond acceptors (Lipinski definition) is 3. The first kappa shape index (κ1) is 15.4. The van der Waals surface area contributed by atoms with Gasteiger partial charge in [0.1, 0.15) is 6.04 Å². The predicted molar refractivity (Wildman–Crippen MR) is 75.3 cm³/mol. The molecule has 0 fully saturated rings. The van der Waals surface area contributed by atoms with Gasteiger partial charge in [-0.05, 0) is 25.5 Å². The van der Waals surface area contributed by atoms with Crippen molar-refractivity contribution in [2.45, 2.75) is 38.7 Å². The summed E-state index contributed by atoms with van der Waals surface area (Å²) in [5.74, 6) is -2.57. The second-order valence-electron chi connectivity index (χ2n) is 4.42. The molecule has 1 unspecified atom stereocenters. The zero-order valence-electron chi connectivity index (χ0n) is 11.6. The highest BCUT2D eigenvalue weighted by molar-refractivity contribution is 5.81. The first-order chi connectivity index (χ1) is 8.94. The third-order valence-electron chi connectivity index (χ3n) is 3.01. The Morgan fingerprint density at radius 1 is 1.47 bits per heavy atom. The summed E-state index contributed by atoms with van der Waals surface area (Å²) in [6.45, 7) is 3.63. The molecule has 0 aromatic carbocycles. The van der Waals surface area contributed by atoms with E-state index in [4.69, 9.17) is 5.73 Å². The van der Waals surface area contributed by atoms with Gasteiger partial charge in [0.2, 0.25) is 0 Å². The molecule has 1 aliphatic heterocycles. The van der Waals surface area contributed by atoms with Gasteiger partial charge in [-0.1, -0.05) is 18.2 Å². The summed E-state index contributed by atoms with van der Waals surface area (Å²) in [5.41, 5.74) is 6.83. The van der Waals surface area contributed by atoms with Crippen LogP contribution in [-0.4, -0.2) is 24.8 Å². The number of alkyl halides is 2. The van der Waals surface area contributed by atoms with Gasteiger partial charge >= 0.3 is 0 Å². The molecule has 0 aromatic heterocycles. The number of halogens is 2. The molecule has 1 rings (SSSR count). The van der Waals surface area contributed by atoms with Crippen LogP contribution in [0.3, 0.4) is 0 Å². The van der Waals surface area contributed by atoms with E-state index in [9.17, 15) is 8.78 Å². The lowest BCUT2D eigenvalue weighted by Crippen LogP contribution is -2.40. The molecule has 0 saturated heterocycles. The maximum Gasteiger partial charge on any atom is 0.274 e. The Hall–Kier alpha value is -1.65. The number of nitrogens with zero attached hydrogens (tertiary/aromatic N) is 1. The minimum Gasteiger partial charge on any atom is -0.388 e. The van der Waals surface area contributed by atoms with E-state index in [1.807, 2.05) is 13.0 Å². The van der Waals surface area contributed by atoms with E-state index in [1.165, 1.54) is 0 Å². The van der Waals surface area contributed by atoms with Crippen molar-refractivity contribution < 1.29 is 8.78 Å². The number of hydrogen-bond donors (Lipinski definition) is 2. The fourth-order valence-electron chi connectivity index (χ4n) is 1.96. The van der Waals surface area contributed by atoms with Gasteiger partial charge < -0.3 is 11.1 Å². The van der Waals surface area contributed by atoms with Gasteiger partial charge in [0, 0.05) is 25.6 Å². The maximum absolute atomic E-state index is 14.0. The fourth-order valence-corrected chi connectivity index (χ4v) is 1.96. The molecule has 0 saturated carbocycles. The van der Waals surface area contributed by atoms with E-state index in [2.05, 4.69) is 10.3 Å². The quantitative estimate of drug-likeness (QED) is 0.771. The summed E-state index contributed by atoms with van der Waals surface area (Å²) in [4.78, 5) is 3.95. The standard InChI is InChI=1S/C14H21F2N3/c1-4-6-10(9-11(5-2)18-3)13-14(15,16)8-7-12(17)19-13/h4-6,9,13,18H,7-8H2,1-3H3,(H2,17,19)/b6-4-,10-9+,11-5+. The van der Waals surface area contributed by atoms with Crippen LogP contribution in [0.4, 0.5) is 8.78 Å². The van der Waals surface area contributed by atoms with Crippen LogP contribution in [0.1, 0.15) is 26.7 Å². The number of amidine groups is 1. The monoisotopic (exact) mass is 269 g/mol. The Morgan fingerprint density at radius 2 is 2.16 bits per heavy atom. The number of allylic oxidation sites excluding steroid dienone is 3. The molecule has 1 heterocycles. The smallest absolute Gasteiger partial charge is 0.274 e. The van der Waals surface area contributed by atoms with E-state index >= 15 is 0 Å². The third kappa shape index (κ3) is 3.91. The average Bonchev–Trinajstić information content (AvgIpc) is 2.37. The molecule has 106 valence electrons. The van der Waals surface area contributed by atoms with Gasteiger partial charge in [-0.25, -0.2) is 8.78 Å². The molecule has 1 aliphatic rings. The van der Waals surface area contributed by atoms with Crippen molar-refractivity contribution in [1.29, 1.82) is 0 Å². The minimum atomic E-state index is -2.86. The summed E-state index contributed by atoms with van der Waals surface area (Å²) < 4.78 is 28.0. The van der Waals surface area contributed by atoms with Crippen LogP contribution in [-0.2, 0) is 0 Å². The predicted octanol–water partition coefficient (Wildman–Crippen LogP) is 2.77. The first-order valence-corrected chi connectivity index (χ1v) is 6.33. The normalized spacial score (nSPS) is 24.5. The molecule has 1 atom stereocenters. The molecular formula is C14H21F2N3. The van der Waals surface area contributed by atoms with Crippen LogP contribution in [0.5, 0.6) is 0 Å². The summed E-state index contributed by atoms with van der Waals surface area (Å²) in [5, 5.41) is 2.94. The van der Waals surface area contributed by atoms with E-state index in [0.29, 0.717) is 5.57 Å². The zero-order chi connectivity index (χ0) is 14.5. The van der Waals surface area contributed by atoms with Crippen molar-refractivity contribution in [3.63, 3.8) is 0 Å². The molecule has 19 heavy (non-hydrogen) atoms. The average molecular weight is 269 g/mol. The number of likely N-dealkylation sites (N-methyl/N-ethyl adjacent to an activating group) is 1. The van der Waals surface area contributed by atoms with Gasteiger partial charge in [-0.2, -0.15) is 0 Å². The Labute approximate surface area is 113 Å². The van der Waals surface area contributed by atoms with Crippen LogP contribution in [0.15, 0.2) is 40.6 Å². The van der Waals surface area contributed by atoms with Gasteiger partial charge in [0.25, 0.3) is 5.92 Å². The van der Waals surface area contributed by atoms with Crippen molar-refractivity contribution >= 4 is 5.84 Å².